The number of aryl methyl sites for hydroxylation is 1. The molecule has 0 atom stereocenters. The van der Waals surface area contributed by atoms with E-state index in [1.165, 1.54) is 7.11 Å². The summed E-state index contributed by atoms with van der Waals surface area (Å²) in [6.07, 6.45) is 1.71. The first kappa shape index (κ1) is 21.6. The van der Waals surface area contributed by atoms with Crippen LogP contribution in [0.4, 0.5) is 4.79 Å². The number of aromatic nitrogens is 1. The number of thioether (sulfide) groups is 1. The van der Waals surface area contributed by atoms with Crippen LogP contribution in [0.1, 0.15) is 17.0 Å². The van der Waals surface area contributed by atoms with Gasteiger partial charge in [0.15, 0.2) is 0 Å². The molecule has 162 valence electrons. The molecule has 1 aromatic heterocycles. The van der Waals surface area contributed by atoms with Gasteiger partial charge in [0.05, 0.1) is 12.0 Å². The molecular weight excluding hydrogens is 424 g/mol. The number of imide groups is 1. The van der Waals surface area contributed by atoms with Gasteiger partial charge in [0.2, 0.25) is 0 Å². The minimum atomic E-state index is -0.634. The van der Waals surface area contributed by atoms with E-state index in [2.05, 4.69) is 45.7 Å². The predicted octanol–water partition coefficient (Wildman–Crippen LogP) is 4.97. The summed E-state index contributed by atoms with van der Waals surface area (Å²) in [5.41, 5.74) is 6.11. The summed E-state index contributed by atoms with van der Waals surface area (Å²) in [6.45, 7) is 3.59. The van der Waals surface area contributed by atoms with Crippen LogP contribution in [-0.4, -0.2) is 40.2 Å². The molecule has 6 nitrogen and oxygen atoms in total. The largest absolute Gasteiger partial charge is 0.468 e. The number of rotatable bonds is 5. The highest BCUT2D eigenvalue weighted by Gasteiger charge is 2.36. The predicted molar refractivity (Wildman–Crippen MR) is 125 cm³/mol. The van der Waals surface area contributed by atoms with Gasteiger partial charge in [0, 0.05) is 17.1 Å². The maximum Gasteiger partial charge on any atom is 0.325 e. The molecule has 7 heteroatoms. The lowest BCUT2D eigenvalue weighted by Crippen LogP contribution is -2.34. The van der Waals surface area contributed by atoms with Gasteiger partial charge in [-0.1, -0.05) is 42.5 Å². The van der Waals surface area contributed by atoms with E-state index in [0.29, 0.717) is 4.91 Å². The summed E-state index contributed by atoms with van der Waals surface area (Å²) in [7, 11) is 1.22. The van der Waals surface area contributed by atoms with Crippen LogP contribution in [0.3, 0.4) is 0 Å². The molecule has 0 bridgehead atoms. The van der Waals surface area contributed by atoms with E-state index in [1.54, 1.807) is 6.08 Å². The Morgan fingerprint density at radius 1 is 1.00 bits per heavy atom. The third kappa shape index (κ3) is 4.11. The Morgan fingerprint density at radius 3 is 2.31 bits per heavy atom. The van der Waals surface area contributed by atoms with Gasteiger partial charge in [-0.15, -0.1) is 0 Å². The number of amides is 2. The van der Waals surface area contributed by atoms with Crippen molar-refractivity contribution in [3.63, 3.8) is 0 Å². The smallest absolute Gasteiger partial charge is 0.325 e. The van der Waals surface area contributed by atoms with Gasteiger partial charge < -0.3 is 9.30 Å². The molecule has 4 rings (SSSR count). The fourth-order valence-corrected chi connectivity index (χ4v) is 4.56. The summed E-state index contributed by atoms with van der Waals surface area (Å²) in [4.78, 5) is 37.5. The molecule has 0 saturated carbocycles. The summed E-state index contributed by atoms with van der Waals surface area (Å²) >= 11 is 0.830. The molecule has 2 amide bonds. The zero-order valence-electron chi connectivity index (χ0n) is 18.0. The molecule has 0 N–H and O–H groups in total. The van der Waals surface area contributed by atoms with Crippen molar-refractivity contribution in [3.05, 3.63) is 82.5 Å². The molecule has 1 saturated heterocycles. The van der Waals surface area contributed by atoms with Crippen LogP contribution in [0.25, 0.3) is 22.9 Å². The first-order valence-corrected chi connectivity index (χ1v) is 10.9. The molecule has 0 unspecified atom stereocenters. The Labute approximate surface area is 190 Å². The zero-order chi connectivity index (χ0) is 22.8. The number of esters is 1. The third-order valence-corrected chi connectivity index (χ3v) is 6.29. The molecular formula is C25H22N2O4S. The first-order chi connectivity index (χ1) is 15.4. The van der Waals surface area contributed by atoms with Crippen LogP contribution in [-0.2, 0) is 14.3 Å². The van der Waals surface area contributed by atoms with Crippen molar-refractivity contribution in [2.24, 2.45) is 0 Å². The van der Waals surface area contributed by atoms with Crippen LogP contribution < -0.4 is 0 Å². The van der Waals surface area contributed by atoms with Crippen LogP contribution in [0, 0.1) is 13.8 Å². The second kappa shape index (κ2) is 8.88. The van der Waals surface area contributed by atoms with Gasteiger partial charge in [0.25, 0.3) is 11.1 Å². The number of hydrogen-bond acceptors (Lipinski definition) is 5. The van der Waals surface area contributed by atoms with Gasteiger partial charge >= 0.3 is 5.97 Å². The van der Waals surface area contributed by atoms with E-state index >= 15 is 0 Å². The second-order valence-corrected chi connectivity index (χ2v) is 8.41. The lowest BCUT2D eigenvalue weighted by atomic mass is 10.1. The van der Waals surface area contributed by atoms with Crippen molar-refractivity contribution < 1.29 is 19.1 Å². The number of ether oxygens (including phenoxy) is 1. The van der Waals surface area contributed by atoms with Gasteiger partial charge in [-0.05, 0) is 66.6 Å². The summed E-state index contributed by atoms with van der Waals surface area (Å²) < 4.78 is 6.68. The minimum Gasteiger partial charge on any atom is -0.468 e. The highest BCUT2D eigenvalue weighted by atomic mass is 32.2. The van der Waals surface area contributed by atoms with E-state index in [-0.39, 0.29) is 6.54 Å². The van der Waals surface area contributed by atoms with Crippen molar-refractivity contribution in [2.75, 3.05) is 13.7 Å². The summed E-state index contributed by atoms with van der Waals surface area (Å²) in [5, 5.41) is -0.475. The summed E-state index contributed by atoms with van der Waals surface area (Å²) in [6, 6.07) is 20.5. The molecule has 2 aromatic carbocycles. The van der Waals surface area contributed by atoms with Crippen molar-refractivity contribution in [2.45, 2.75) is 13.8 Å². The van der Waals surface area contributed by atoms with E-state index < -0.39 is 17.1 Å². The van der Waals surface area contributed by atoms with Gasteiger partial charge in [-0.3, -0.25) is 19.3 Å². The standard InChI is InChI=1S/C25H22N2O4S/c1-16-13-20(14-22-24(29)26(25(30)32-22)15-23(28)31-3)17(2)27(16)21-11-9-19(10-12-21)18-7-5-4-6-8-18/h4-14H,15H2,1-3H3/b22-14-. The highest BCUT2D eigenvalue weighted by Crippen LogP contribution is 2.34. The van der Waals surface area contributed by atoms with Crippen molar-refractivity contribution >= 4 is 35.0 Å². The number of carbonyl (C=O) groups is 3. The van der Waals surface area contributed by atoms with Gasteiger partial charge in [0.1, 0.15) is 6.54 Å². The highest BCUT2D eigenvalue weighted by molar-refractivity contribution is 8.18. The Morgan fingerprint density at radius 2 is 1.66 bits per heavy atom. The van der Waals surface area contributed by atoms with Crippen LogP contribution >= 0.6 is 11.8 Å². The van der Waals surface area contributed by atoms with E-state index in [0.717, 1.165) is 50.4 Å². The molecule has 0 spiro atoms. The molecule has 0 radical (unpaired) electrons. The van der Waals surface area contributed by atoms with Crippen LogP contribution in [0.5, 0.6) is 0 Å². The zero-order valence-corrected chi connectivity index (χ0v) is 18.8. The quantitative estimate of drug-likeness (QED) is 0.409. The van der Waals surface area contributed by atoms with Crippen LogP contribution in [0.2, 0.25) is 0 Å². The Kier molecular flexibility index (Phi) is 6.01. The number of nitrogens with zero attached hydrogens (tertiary/aromatic N) is 2. The minimum absolute atomic E-state index is 0.290. The fourth-order valence-electron chi connectivity index (χ4n) is 3.74. The van der Waals surface area contributed by atoms with Crippen molar-refractivity contribution in [1.29, 1.82) is 0 Å². The first-order valence-electron chi connectivity index (χ1n) is 10.1. The average molecular weight is 447 g/mol. The maximum atomic E-state index is 12.6. The monoisotopic (exact) mass is 446 g/mol. The molecule has 3 aromatic rings. The van der Waals surface area contributed by atoms with Gasteiger partial charge in [-0.25, -0.2) is 0 Å². The Balaban J connectivity index is 1.62. The number of carbonyl (C=O) groups excluding carboxylic acids is 3. The third-order valence-electron chi connectivity index (χ3n) is 5.38. The molecule has 1 fully saturated rings. The molecule has 2 heterocycles. The SMILES string of the molecule is COC(=O)CN1C(=O)S/C(=C\c2cc(C)n(-c3ccc(-c4ccccc4)cc3)c2C)C1=O. The fraction of sp³-hybridized carbons (Fsp3) is 0.160. The number of methoxy groups -OCH3 is 1. The second-order valence-electron chi connectivity index (χ2n) is 7.42. The molecule has 32 heavy (non-hydrogen) atoms. The molecule has 1 aliphatic rings. The van der Waals surface area contributed by atoms with E-state index in [9.17, 15) is 14.4 Å². The summed E-state index contributed by atoms with van der Waals surface area (Å²) in [5.74, 6) is -1.12. The lowest BCUT2D eigenvalue weighted by Gasteiger charge is -2.11. The normalized spacial score (nSPS) is 15.0. The molecule has 1 aliphatic heterocycles. The Bertz CT molecular complexity index is 1230. The Hall–Kier alpha value is -3.58. The topological polar surface area (TPSA) is 68.6 Å². The van der Waals surface area contributed by atoms with Crippen molar-refractivity contribution in [1.82, 2.24) is 9.47 Å². The average Bonchev–Trinajstić information content (AvgIpc) is 3.23. The van der Waals surface area contributed by atoms with E-state index in [1.807, 2.05) is 38.1 Å². The number of hydrogen-bond donors (Lipinski definition) is 0. The molecule has 0 aliphatic carbocycles. The van der Waals surface area contributed by atoms with E-state index in [4.69, 9.17) is 0 Å². The van der Waals surface area contributed by atoms with Gasteiger partial charge in [-0.2, -0.15) is 0 Å². The van der Waals surface area contributed by atoms with Crippen molar-refractivity contribution in [3.8, 4) is 16.8 Å². The lowest BCUT2D eigenvalue weighted by molar-refractivity contribution is -0.143. The number of benzene rings is 2. The van der Waals surface area contributed by atoms with Crippen LogP contribution in [0.15, 0.2) is 65.6 Å². The maximum absolute atomic E-state index is 12.6.